The van der Waals surface area contributed by atoms with Crippen LogP contribution >= 0.6 is 27.3 Å². The Bertz CT molecular complexity index is 554. The fraction of sp³-hybridized carbons (Fsp3) is 0.154. The van der Waals surface area contributed by atoms with E-state index in [2.05, 4.69) is 21.2 Å². The maximum atomic E-state index is 12.0. The zero-order valence-electron chi connectivity index (χ0n) is 9.81. The fourth-order valence-electron chi connectivity index (χ4n) is 1.54. The second-order valence-corrected chi connectivity index (χ2v) is 5.80. The summed E-state index contributed by atoms with van der Waals surface area (Å²) >= 11 is 4.88. The number of benzene rings is 1. The molecule has 2 rings (SSSR count). The van der Waals surface area contributed by atoms with Crippen LogP contribution in [0.25, 0.3) is 0 Å². The molecule has 1 aromatic heterocycles. The molecule has 5 heteroatoms. The third kappa shape index (κ3) is 2.98. The highest BCUT2D eigenvalue weighted by atomic mass is 79.9. The van der Waals surface area contributed by atoms with E-state index in [9.17, 15) is 4.79 Å². The van der Waals surface area contributed by atoms with Crippen molar-refractivity contribution < 1.29 is 4.79 Å². The van der Waals surface area contributed by atoms with Crippen LogP contribution in [-0.4, -0.2) is 5.91 Å². The van der Waals surface area contributed by atoms with Crippen molar-refractivity contribution in [3.05, 3.63) is 50.6 Å². The molecule has 0 bridgehead atoms. The van der Waals surface area contributed by atoms with Crippen LogP contribution in [0.3, 0.4) is 0 Å². The topological polar surface area (TPSA) is 55.1 Å². The first-order valence-electron chi connectivity index (χ1n) is 5.44. The molecule has 1 unspecified atom stereocenters. The minimum atomic E-state index is -0.627. The van der Waals surface area contributed by atoms with E-state index in [0.29, 0.717) is 0 Å². The Morgan fingerprint density at radius 3 is 2.89 bits per heavy atom. The van der Waals surface area contributed by atoms with E-state index in [0.717, 1.165) is 20.6 Å². The van der Waals surface area contributed by atoms with Crippen molar-refractivity contribution in [2.45, 2.75) is 13.0 Å². The number of hydrogen-bond acceptors (Lipinski definition) is 3. The maximum absolute atomic E-state index is 12.0. The molecule has 0 fully saturated rings. The minimum absolute atomic E-state index is 0.205. The molecule has 3 N–H and O–H groups in total. The zero-order chi connectivity index (χ0) is 13.1. The summed E-state index contributed by atoms with van der Waals surface area (Å²) < 4.78 is 0.847. The van der Waals surface area contributed by atoms with Crippen LogP contribution < -0.4 is 11.1 Å². The first-order valence-corrected chi connectivity index (χ1v) is 7.11. The molecule has 0 spiro atoms. The van der Waals surface area contributed by atoms with Crippen LogP contribution in [0.2, 0.25) is 0 Å². The Balaban J connectivity index is 2.14. The Kier molecular flexibility index (Phi) is 4.16. The van der Waals surface area contributed by atoms with Crippen LogP contribution in [0, 0.1) is 6.92 Å². The van der Waals surface area contributed by atoms with E-state index < -0.39 is 6.04 Å². The van der Waals surface area contributed by atoms with E-state index >= 15 is 0 Å². The van der Waals surface area contributed by atoms with Gasteiger partial charge in [0, 0.05) is 9.35 Å². The highest BCUT2D eigenvalue weighted by Gasteiger charge is 2.17. The standard InChI is InChI=1S/C13H13BrN2OS/c1-8-4-5-9(14)10(7-8)16-13(17)12(15)11-3-2-6-18-11/h2-7,12H,15H2,1H3,(H,16,17). The average molecular weight is 325 g/mol. The Labute approximate surface area is 118 Å². The predicted molar refractivity (Wildman–Crippen MR) is 78.8 cm³/mol. The van der Waals surface area contributed by atoms with Crippen molar-refractivity contribution in [2.24, 2.45) is 5.73 Å². The Morgan fingerprint density at radius 1 is 1.44 bits per heavy atom. The molecular formula is C13H13BrN2OS. The molecule has 0 saturated heterocycles. The van der Waals surface area contributed by atoms with Crippen molar-refractivity contribution in [1.29, 1.82) is 0 Å². The van der Waals surface area contributed by atoms with Gasteiger partial charge in [-0.1, -0.05) is 12.1 Å². The molecule has 0 aliphatic heterocycles. The number of carbonyl (C=O) groups is 1. The SMILES string of the molecule is Cc1ccc(Br)c(NC(=O)C(N)c2cccs2)c1. The summed E-state index contributed by atoms with van der Waals surface area (Å²) in [4.78, 5) is 12.9. The van der Waals surface area contributed by atoms with Crippen LogP contribution in [0.15, 0.2) is 40.2 Å². The molecule has 0 radical (unpaired) electrons. The van der Waals surface area contributed by atoms with Gasteiger partial charge in [-0.05, 0) is 52.0 Å². The Morgan fingerprint density at radius 2 is 2.22 bits per heavy atom. The summed E-state index contributed by atoms with van der Waals surface area (Å²) in [6, 6.07) is 8.90. The van der Waals surface area contributed by atoms with Gasteiger partial charge in [0.25, 0.3) is 0 Å². The Hall–Kier alpha value is -1.17. The number of aryl methyl sites for hydroxylation is 1. The second kappa shape index (κ2) is 5.65. The van der Waals surface area contributed by atoms with E-state index in [-0.39, 0.29) is 5.91 Å². The van der Waals surface area contributed by atoms with Crippen molar-refractivity contribution in [3.63, 3.8) is 0 Å². The molecule has 0 aliphatic rings. The summed E-state index contributed by atoms with van der Waals surface area (Å²) in [5.41, 5.74) is 7.73. The van der Waals surface area contributed by atoms with Crippen molar-refractivity contribution >= 4 is 38.9 Å². The van der Waals surface area contributed by atoms with Gasteiger partial charge in [0.1, 0.15) is 6.04 Å². The summed E-state index contributed by atoms with van der Waals surface area (Å²) in [5.74, 6) is -0.205. The van der Waals surface area contributed by atoms with Crippen LogP contribution in [0.4, 0.5) is 5.69 Å². The lowest BCUT2D eigenvalue weighted by Crippen LogP contribution is -2.27. The number of nitrogens with two attached hydrogens (primary N) is 1. The number of thiophene rings is 1. The summed E-state index contributed by atoms with van der Waals surface area (Å²) in [6.07, 6.45) is 0. The molecule has 3 nitrogen and oxygen atoms in total. The van der Waals surface area contributed by atoms with Gasteiger partial charge >= 0.3 is 0 Å². The number of nitrogens with one attached hydrogen (secondary N) is 1. The van der Waals surface area contributed by atoms with Gasteiger partial charge in [-0.15, -0.1) is 11.3 Å². The van der Waals surface area contributed by atoms with Gasteiger partial charge in [0.05, 0.1) is 5.69 Å². The summed E-state index contributed by atoms with van der Waals surface area (Å²) in [6.45, 7) is 1.97. The van der Waals surface area contributed by atoms with Gasteiger partial charge in [-0.25, -0.2) is 0 Å². The van der Waals surface area contributed by atoms with Gasteiger partial charge in [-0.2, -0.15) is 0 Å². The average Bonchev–Trinajstić information content (AvgIpc) is 2.86. The zero-order valence-corrected chi connectivity index (χ0v) is 12.2. The van der Waals surface area contributed by atoms with Gasteiger partial charge in [0.15, 0.2) is 0 Å². The molecule has 1 amide bonds. The molecule has 1 aromatic carbocycles. The van der Waals surface area contributed by atoms with Crippen LogP contribution in [0.5, 0.6) is 0 Å². The normalized spacial score (nSPS) is 12.2. The number of hydrogen-bond donors (Lipinski definition) is 2. The number of anilines is 1. The molecule has 94 valence electrons. The number of halogens is 1. The largest absolute Gasteiger partial charge is 0.323 e. The monoisotopic (exact) mass is 324 g/mol. The highest BCUT2D eigenvalue weighted by molar-refractivity contribution is 9.10. The first-order chi connectivity index (χ1) is 8.58. The molecule has 0 saturated carbocycles. The lowest BCUT2D eigenvalue weighted by molar-refractivity contribution is -0.117. The van der Waals surface area contributed by atoms with Crippen molar-refractivity contribution in [2.75, 3.05) is 5.32 Å². The lowest BCUT2D eigenvalue weighted by Gasteiger charge is -2.12. The molecule has 1 heterocycles. The van der Waals surface area contributed by atoms with E-state index in [1.165, 1.54) is 11.3 Å². The van der Waals surface area contributed by atoms with Crippen molar-refractivity contribution in [1.82, 2.24) is 0 Å². The molecule has 0 aliphatic carbocycles. The van der Waals surface area contributed by atoms with Crippen molar-refractivity contribution in [3.8, 4) is 0 Å². The van der Waals surface area contributed by atoms with Gasteiger partial charge < -0.3 is 11.1 Å². The van der Waals surface area contributed by atoms with E-state index in [1.807, 2.05) is 42.6 Å². The first kappa shape index (κ1) is 13.3. The summed E-state index contributed by atoms with van der Waals surface area (Å²) in [7, 11) is 0. The quantitative estimate of drug-likeness (QED) is 0.908. The maximum Gasteiger partial charge on any atom is 0.246 e. The molecular weight excluding hydrogens is 312 g/mol. The molecule has 1 atom stereocenters. The van der Waals surface area contributed by atoms with E-state index in [4.69, 9.17) is 5.73 Å². The minimum Gasteiger partial charge on any atom is -0.323 e. The smallest absolute Gasteiger partial charge is 0.246 e. The highest BCUT2D eigenvalue weighted by Crippen LogP contribution is 2.25. The van der Waals surface area contributed by atoms with Crippen LogP contribution in [-0.2, 0) is 4.79 Å². The molecule has 18 heavy (non-hydrogen) atoms. The number of rotatable bonds is 3. The fourth-order valence-corrected chi connectivity index (χ4v) is 2.61. The second-order valence-electron chi connectivity index (χ2n) is 3.97. The number of carbonyl (C=O) groups excluding carboxylic acids is 1. The third-order valence-electron chi connectivity index (χ3n) is 2.51. The predicted octanol–water partition coefficient (Wildman–Crippen LogP) is 3.46. The van der Waals surface area contributed by atoms with Gasteiger partial charge in [0.2, 0.25) is 5.91 Å². The molecule has 2 aromatic rings. The third-order valence-corrected chi connectivity index (χ3v) is 4.16. The van der Waals surface area contributed by atoms with Crippen LogP contribution in [0.1, 0.15) is 16.5 Å². The van der Waals surface area contributed by atoms with Gasteiger partial charge in [-0.3, -0.25) is 4.79 Å². The van der Waals surface area contributed by atoms with E-state index in [1.54, 1.807) is 0 Å². The number of amides is 1. The lowest BCUT2D eigenvalue weighted by atomic mass is 10.2. The summed E-state index contributed by atoms with van der Waals surface area (Å²) in [5, 5.41) is 4.74.